The number of benzene rings is 3. The van der Waals surface area contributed by atoms with Gasteiger partial charge in [0.15, 0.2) is 0 Å². The summed E-state index contributed by atoms with van der Waals surface area (Å²) in [7, 11) is 0. The van der Waals surface area contributed by atoms with Crippen LogP contribution in [-0.2, 0) is 19.5 Å². The number of hydrogen-bond acceptors (Lipinski definition) is 2. The van der Waals surface area contributed by atoms with Crippen molar-refractivity contribution in [1.29, 1.82) is 0 Å². The van der Waals surface area contributed by atoms with Crippen molar-refractivity contribution >= 4 is 17.1 Å². The van der Waals surface area contributed by atoms with Crippen LogP contribution in [0.4, 0.5) is 4.79 Å². The van der Waals surface area contributed by atoms with Crippen LogP contribution >= 0.6 is 0 Å². The van der Waals surface area contributed by atoms with Gasteiger partial charge in [0.25, 0.3) is 0 Å². The van der Waals surface area contributed by atoms with E-state index in [1.165, 1.54) is 0 Å². The third kappa shape index (κ3) is 5.02. The highest BCUT2D eigenvalue weighted by atomic mass is 16.2. The van der Waals surface area contributed by atoms with Crippen LogP contribution in [0, 0.1) is 0 Å². The van der Waals surface area contributed by atoms with Gasteiger partial charge >= 0.3 is 6.03 Å². The number of rotatable bonds is 7. The minimum atomic E-state index is -0.0752. The van der Waals surface area contributed by atoms with Crippen LogP contribution in [0.15, 0.2) is 84.9 Å². The number of nitrogens with zero attached hydrogens (tertiary/aromatic N) is 2. The second-order valence-corrected chi connectivity index (χ2v) is 7.00. The first-order valence-electron chi connectivity index (χ1n) is 9.82. The molecule has 146 valence electrons. The van der Waals surface area contributed by atoms with Crippen molar-refractivity contribution in [3.05, 3.63) is 102 Å². The molecule has 1 heterocycles. The van der Waals surface area contributed by atoms with Gasteiger partial charge in [-0.2, -0.15) is 0 Å². The number of aromatic nitrogens is 2. The highest BCUT2D eigenvalue weighted by Crippen LogP contribution is 2.12. The molecule has 0 saturated heterocycles. The van der Waals surface area contributed by atoms with Gasteiger partial charge in [-0.25, -0.2) is 9.78 Å². The number of hydrogen-bond donors (Lipinski definition) is 2. The number of carbonyl (C=O) groups is 1. The molecule has 0 aliphatic carbocycles. The highest BCUT2D eigenvalue weighted by Gasteiger charge is 2.15. The molecule has 29 heavy (non-hydrogen) atoms. The van der Waals surface area contributed by atoms with Crippen LogP contribution in [0.2, 0.25) is 0 Å². The molecule has 2 amide bonds. The highest BCUT2D eigenvalue weighted by molar-refractivity contribution is 5.75. The molecule has 0 aliphatic rings. The molecule has 0 atom stereocenters. The molecule has 3 aromatic carbocycles. The smallest absolute Gasteiger partial charge is 0.317 e. The van der Waals surface area contributed by atoms with E-state index in [0.29, 0.717) is 26.1 Å². The van der Waals surface area contributed by atoms with Crippen molar-refractivity contribution in [2.75, 3.05) is 6.54 Å². The number of para-hydroxylation sites is 2. The molecule has 0 unspecified atom stereocenters. The molecule has 5 nitrogen and oxygen atoms in total. The molecule has 4 aromatic rings. The molecule has 0 fully saturated rings. The van der Waals surface area contributed by atoms with Crippen molar-refractivity contribution in [3.63, 3.8) is 0 Å². The third-order valence-electron chi connectivity index (χ3n) is 4.85. The third-order valence-corrected chi connectivity index (χ3v) is 4.85. The monoisotopic (exact) mass is 384 g/mol. The van der Waals surface area contributed by atoms with Crippen molar-refractivity contribution in [3.8, 4) is 0 Å². The first-order valence-corrected chi connectivity index (χ1v) is 9.82. The number of amides is 2. The Hall–Kier alpha value is -3.60. The lowest BCUT2D eigenvalue weighted by molar-refractivity contribution is 0.195. The lowest BCUT2D eigenvalue weighted by atomic mass is 10.2. The van der Waals surface area contributed by atoms with Gasteiger partial charge < -0.3 is 15.2 Å². The van der Waals surface area contributed by atoms with Crippen LogP contribution in [0.1, 0.15) is 17.0 Å². The van der Waals surface area contributed by atoms with E-state index in [4.69, 9.17) is 0 Å². The molecule has 0 radical (unpaired) electrons. The van der Waals surface area contributed by atoms with Gasteiger partial charge in [-0.15, -0.1) is 0 Å². The van der Waals surface area contributed by atoms with Gasteiger partial charge in [0, 0.05) is 26.1 Å². The standard InChI is InChI=1S/C24H24N4O/c29-24(25-17-19-9-3-1-4-10-19)28(18-20-11-5-2-6-12-20)16-15-23-26-21-13-7-8-14-22(21)27-23/h1-14H,15-18H2,(H,25,29)(H,26,27). The molecule has 2 N–H and O–H groups in total. The number of nitrogens with one attached hydrogen (secondary N) is 2. The number of fused-ring (bicyclic) bond motifs is 1. The zero-order valence-corrected chi connectivity index (χ0v) is 16.2. The SMILES string of the molecule is O=C(NCc1ccccc1)N(CCc1nc2ccccc2[nH]1)Cc1ccccc1. The summed E-state index contributed by atoms with van der Waals surface area (Å²) in [6.45, 7) is 1.65. The molecule has 0 saturated carbocycles. The van der Waals surface area contributed by atoms with E-state index >= 15 is 0 Å². The summed E-state index contributed by atoms with van der Waals surface area (Å²) in [6, 6.07) is 27.9. The number of imidazole rings is 1. The molecule has 0 bridgehead atoms. The average molecular weight is 384 g/mol. The van der Waals surface area contributed by atoms with E-state index in [0.717, 1.165) is 28.0 Å². The van der Waals surface area contributed by atoms with Crippen LogP contribution in [-0.4, -0.2) is 27.4 Å². The van der Waals surface area contributed by atoms with Crippen LogP contribution in [0.3, 0.4) is 0 Å². The Morgan fingerprint density at radius 2 is 1.52 bits per heavy atom. The maximum atomic E-state index is 12.9. The normalized spacial score (nSPS) is 10.8. The van der Waals surface area contributed by atoms with E-state index in [2.05, 4.69) is 15.3 Å². The van der Waals surface area contributed by atoms with E-state index in [1.807, 2.05) is 89.8 Å². The van der Waals surface area contributed by atoms with Crippen molar-refractivity contribution in [1.82, 2.24) is 20.2 Å². The van der Waals surface area contributed by atoms with Gasteiger partial charge in [-0.1, -0.05) is 72.8 Å². The van der Waals surface area contributed by atoms with Gasteiger partial charge in [-0.3, -0.25) is 0 Å². The lowest BCUT2D eigenvalue weighted by Crippen LogP contribution is -2.40. The predicted molar refractivity (Wildman–Crippen MR) is 115 cm³/mol. The maximum Gasteiger partial charge on any atom is 0.317 e. The largest absolute Gasteiger partial charge is 0.342 e. The van der Waals surface area contributed by atoms with E-state index in [9.17, 15) is 4.79 Å². The number of carbonyl (C=O) groups excluding carboxylic acids is 1. The topological polar surface area (TPSA) is 61.0 Å². The fourth-order valence-corrected chi connectivity index (χ4v) is 3.31. The summed E-state index contributed by atoms with van der Waals surface area (Å²) in [5.74, 6) is 0.889. The minimum Gasteiger partial charge on any atom is -0.342 e. The Morgan fingerprint density at radius 3 is 2.24 bits per heavy atom. The number of H-pyrrole nitrogens is 1. The molecular formula is C24H24N4O. The maximum absolute atomic E-state index is 12.9. The molecule has 4 rings (SSSR count). The summed E-state index contributed by atoms with van der Waals surface area (Å²) in [6.07, 6.45) is 0.667. The van der Waals surface area contributed by atoms with Gasteiger partial charge in [-0.05, 0) is 23.3 Å². The Labute approximate surface area is 170 Å². The first kappa shape index (κ1) is 18.7. The Balaban J connectivity index is 1.44. The fraction of sp³-hybridized carbons (Fsp3) is 0.167. The zero-order chi connectivity index (χ0) is 19.9. The molecular weight excluding hydrogens is 360 g/mol. The average Bonchev–Trinajstić information content (AvgIpc) is 3.19. The van der Waals surface area contributed by atoms with Gasteiger partial charge in [0.2, 0.25) is 0 Å². The second-order valence-electron chi connectivity index (χ2n) is 7.00. The van der Waals surface area contributed by atoms with Crippen molar-refractivity contribution < 1.29 is 4.79 Å². The summed E-state index contributed by atoms with van der Waals surface area (Å²) in [4.78, 5) is 22.7. The quantitative estimate of drug-likeness (QED) is 0.492. The Kier molecular flexibility index (Phi) is 5.86. The van der Waals surface area contributed by atoms with Crippen LogP contribution < -0.4 is 5.32 Å². The Bertz CT molecular complexity index is 1030. The van der Waals surface area contributed by atoms with E-state index in [1.54, 1.807) is 0 Å². The summed E-state index contributed by atoms with van der Waals surface area (Å²) >= 11 is 0. The first-order chi connectivity index (χ1) is 14.3. The minimum absolute atomic E-state index is 0.0752. The molecule has 5 heteroatoms. The van der Waals surface area contributed by atoms with Gasteiger partial charge in [0.05, 0.1) is 11.0 Å². The van der Waals surface area contributed by atoms with Crippen molar-refractivity contribution in [2.24, 2.45) is 0 Å². The molecule has 0 spiro atoms. The number of aromatic amines is 1. The molecule has 0 aliphatic heterocycles. The second kappa shape index (κ2) is 9.06. The number of urea groups is 1. The zero-order valence-electron chi connectivity index (χ0n) is 16.2. The van der Waals surface area contributed by atoms with Crippen LogP contribution in [0.25, 0.3) is 11.0 Å². The Morgan fingerprint density at radius 1 is 0.862 bits per heavy atom. The van der Waals surface area contributed by atoms with Crippen molar-refractivity contribution in [2.45, 2.75) is 19.5 Å². The van der Waals surface area contributed by atoms with E-state index in [-0.39, 0.29) is 6.03 Å². The summed E-state index contributed by atoms with van der Waals surface area (Å²) in [5.41, 5.74) is 4.15. The van der Waals surface area contributed by atoms with Crippen LogP contribution in [0.5, 0.6) is 0 Å². The molecule has 1 aromatic heterocycles. The summed E-state index contributed by atoms with van der Waals surface area (Å²) < 4.78 is 0. The van der Waals surface area contributed by atoms with Gasteiger partial charge in [0.1, 0.15) is 5.82 Å². The lowest BCUT2D eigenvalue weighted by Gasteiger charge is -2.23. The predicted octanol–water partition coefficient (Wildman–Crippen LogP) is 4.52. The van der Waals surface area contributed by atoms with E-state index < -0.39 is 0 Å². The summed E-state index contributed by atoms with van der Waals surface area (Å²) in [5, 5.41) is 3.04. The fourth-order valence-electron chi connectivity index (χ4n) is 3.31.